The first-order valence-electron chi connectivity index (χ1n) is 8.94. The second-order valence-corrected chi connectivity index (χ2v) is 5.92. The first-order valence-corrected chi connectivity index (χ1v) is 8.94. The molecule has 3 rings (SSSR count). The average molecular weight is 357 g/mol. The molecule has 0 aliphatic carbocycles. The Hall–Kier alpha value is -2.83. The summed E-state index contributed by atoms with van der Waals surface area (Å²) in [5.41, 5.74) is 2.03. The van der Waals surface area contributed by atoms with E-state index in [-0.39, 0.29) is 11.5 Å². The van der Waals surface area contributed by atoms with Crippen LogP contribution >= 0.6 is 0 Å². The third kappa shape index (κ3) is 3.56. The van der Waals surface area contributed by atoms with Crippen LogP contribution in [-0.4, -0.2) is 33.1 Å². The molecule has 0 aliphatic heterocycles. The summed E-state index contributed by atoms with van der Waals surface area (Å²) in [5.74, 6) is 0.328. The number of nitrogens with zero attached hydrogens (tertiary/aromatic N) is 3. The number of carbonyl (C=O) groups is 1. The van der Waals surface area contributed by atoms with Gasteiger partial charge in [0, 0.05) is 25.2 Å². The molecule has 7 heteroatoms. The maximum Gasteiger partial charge on any atom is 0.305 e. The number of aryl methyl sites for hydroxylation is 1. The van der Waals surface area contributed by atoms with Crippen LogP contribution in [-0.2, 0) is 16.1 Å². The summed E-state index contributed by atoms with van der Waals surface area (Å²) in [5, 5.41) is 0. The number of unbranched alkanes of at least 4 members (excludes halogenated alkanes) is 1. The van der Waals surface area contributed by atoms with Crippen molar-refractivity contribution in [1.82, 2.24) is 14.0 Å². The third-order valence-corrected chi connectivity index (χ3v) is 4.21. The summed E-state index contributed by atoms with van der Waals surface area (Å²) < 4.78 is 14.1. The van der Waals surface area contributed by atoms with E-state index in [4.69, 9.17) is 9.47 Å². The molecule has 0 aromatic carbocycles. The largest absolute Gasteiger partial charge is 0.478 e. The van der Waals surface area contributed by atoms with Crippen molar-refractivity contribution in [3.63, 3.8) is 0 Å². The van der Waals surface area contributed by atoms with Crippen LogP contribution in [0.1, 0.15) is 33.1 Å². The van der Waals surface area contributed by atoms with Crippen molar-refractivity contribution in [2.45, 2.75) is 39.7 Å². The normalized spacial score (nSPS) is 11.2. The Morgan fingerprint density at radius 1 is 1.15 bits per heavy atom. The molecule has 0 radical (unpaired) electrons. The molecule has 3 aromatic heterocycles. The van der Waals surface area contributed by atoms with Crippen molar-refractivity contribution in [3.05, 3.63) is 40.8 Å². The second-order valence-electron chi connectivity index (χ2n) is 5.92. The Morgan fingerprint density at radius 3 is 2.77 bits per heavy atom. The predicted molar refractivity (Wildman–Crippen MR) is 98.6 cm³/mol. The minimum Gasteiger partial charge on any atom is -0.478 e. The van der Waals surface area contributed by atoms with Crippen molar-refractivity contribution in [2.75, 3.05) is 13.2 Å². The quantitative estimate of drug-likeness (QED) is 0.458. The lowest BCUT2D eigenvalue weighted by molar-refractivity contribution is -0.143. The van der Waals surface area contributed by atoms with Gasteiger partial charge in [0.15, 0.2) is 5.65 Å². The van der Waals surface area contributed by atoms with E-state index in [1.165, 1.54) is 0 Å². The highest BCUT2D eigenvalue weighted by molar-refractivity contribution is 5.75. The number of hydrogen-bond donors (Lipinski definition) is 0. The molecule has 0 spiro atoms. The van der Waals surface area contributed by atoms with Gasteiger partial charge < -0.3 is 14.0 Å². The zero-order chi connectivity index (χ0) is 18.5. The van der Waals surface area contributed by atoms with E-state index >= 15 is 0 Å². The number of hydrogen-bond acceptors (Lipinski definition) is 5. The van der Waals surface area contributed by atoms with E-state index in [1.54, 1.807) is 28.0 Å². The Morgan fingerprint density at radius 2 is 2.00 bits per heavy atom. The lowest BCUT2D eigenvalue weighted by atomic mass is 10.2. The van der Waals surface area contributed by atoms with Crippen LogP contribution in [0.3, 0.4) is 0 Å². The van der Waals surface area contributed by atoms with Gasteiger partial charge in [0.05, 0.1) is 18.7 Å². The minimum atomic E-state index is -0.177. The predicted octanol–water partition coefficient (Wildman–Crippen LogP) is 2.78. The van der Waals surface area contributed by atoms with Gasteiger partial charge in [-0.2, -0.15) is 4.98 Å². The minimum absolute atomic E-state index is 0.0283. The molecule has 0 fully saturated rings. The summed E-state index contributed by atoms with van der Waals surface area (Å²) in [6, 6.07) is 7.26. The monoisotopic (exact) mass is 357 g/mol. The van der Waals surface area contributed by atoms with Crippen LogP contribution in [0.15, 0.2) is 35.3 Å². The van der Waals surface area contributed by atoms with Crippen LogP contribution in [0.2, 0.25) is 0 Å². The number of fused-ring (bicyclic) bond motifs is 3. The molecule has 3 heterocycles. The van der Waals surface area contributed by atoms with E-state index in [0.717, 1.165) is 11.9 Å². The number of ether oxygens (including phenoxy) is 2. The van der Waals surface area contributed by atoms with Gasteiger partial charge >= 0.3 is 5.97 Å². The Labute approximate surface area is 151 Å². The topological polar surface area (TPSA) is 74.8 Å². The van der Waals surface area contributed by atoms with Gasteiger partial charge in [-0.25, -0.2) is 0 Å². The van der Waals surface area contributed by atoms with Gasteiger partial charge in [-0.15, -0.1) is 0 Å². The lowest BCUT2D eigenvalue weighted by Gasteiger charge is -2.11. The van der Waals surface area contributed by atoms with Crippen LogP contribution in [0.25, 0.3) is 16.7 Å². The molecule has 3 aromatic rings. The first kappa shape index (κ1) is 18.0. The maximum atomic E-state index is 12.5. The van der Waals surface area contributed by atoms with Gasteiger partial charge in [0.2, 0.25) is 5.88 Å². The maximum absolute atomic E-state index is 12.5. The van der Waals surface area contributed by atoms with Crippen molar-refractivity contribution in [1.29, 1.82) is 0 Å². The number of pyridine rings is 1. The van der Waals surface area contributed by atoms with E-state index in [2.05, 4.69) is 4.98 Å². The van der Waals surface area contributed by atoms with Gasteiger partial charge in [0.1, 0.15) is 5.52 Å². The molecule has 26 heavy (non-hydrogen) atoms. The number of rotatable bonds is 8. The third-order valence-electron chi connectivity index (χ3n) is 4.21. The molecule has 0 N–H and O–H groups in total. The van der Waals surface area contributed by atoms with E-state index in [0.29, 0.717) is 49.6 Å². The highest BCUT2D eigenvalue weighted by Gasteiger charge is 2.11. The zero-order valence-corrected chi connectivity index (χ0v) is 15.1. The highest BCUT2D eigenvalue weighted by atomic mass is 16.5. The molecular formula is C19H23N3O4. The van der Waals surface area contributed by atoms with Crippen molar-refractivity contribution >= 4 is 22.6 Å². The SMILES string of the molecule is CCOC(=O)CCCCOc1ccc2c(n1)n1cccc1c(=O)n2CC. The molecule has 0 atom stereocenters. The molecule has 0 unspecified atom stereocenters. The zero-order valence-electron chi connectivity index (χ0n) is 15.1. The molecule has 0 bridgehead atoms. The van der Waals surface area contributed by atoms with Crippen molar-refractivity contribution in [3.8, 4) is 5.88 Å². The molecule has 0 saturated carbocycles. The number of aromatic nitrogens is 3. The molecule has 7 nitrogen and oxygen atoms in total. The molecular weight excluding hydrogens is 334 g/mol. The number of carbonyl (C=O) groups excluding carboxylic acids is 1. The lowest BCUT2D eigenvalue weighted by Crippen LogP contribution is -2.22. The Kier molecular flexibility index (Phi) is 5.55. The van der Waals surface area contributed by atoms with Crippen LogP contribution in [0.5, 0.6) is 5.88 Å². The van der Waals surface area contributed by atoms with Gasteiger partial charge in [-0.05, 0) is 44.9 Å². The van der Waals surface area contributed by atoms with Crippen LogP contribution in [0, 0.1) is 0 Å². The Bertz CT molecular complexity index is 974. The van der Waals surface area contributed by atoms with Crippen LogP contribution in [0.4, 0.5) is 0 Å². The fourth-order valence-corrected chi connectivity index (χ4v) is 2.97. The van der Waals surface area contributed by atoms with E-state index in [9.17, 15) is 9.59 Å². The molecule has 138 valence electrons. The van der Waals surface area contributed by atoms with Crippen molar-refractivity contribution in [2.24, 2.45) is 0 Å². The highest BCUT2D eigenvalue weighted by Crippen LogP contribution is 2.18. The summed E-state index contributed by atoms with van der Waals surface area (Å²) >= 11 is 0. The number of esters is 1. The second kappa shape index (κ2) is 8.03. The first-order chi connectivity index (χ1) is 12.7. The Balaban J connectivity index is 1.74. The molecule has 0 aliphatic rings. The molecule has 0 amide bonds. The van der Waals surface area contributed by atoms with Gasteiger partial charge in [0.25, 0.3) is 5.56 Å². The summed E-state index contributed by atoms with van der Waals surface area (Å²) in [6.45, 7) is 5.19. The van der Waals surface area contributed by atoms with Gasteiger partial charge in [-0.1, -0.05) is 0 Å². The van der Waals surface area contributed by atoms with E-state index in [1.807, 2.05) is 25.3 Å². The summed E-state index contributed by atoms with van der Waals surface area (Å²) in [7, 11) is 0. The summed E-state index contributed by atoms with van der Waals surface area (Å²) in [4.78, 5) is 28.4. The summed E-state index contributed by atoms with van der Waals surface area (Å²) in [6.07, 6.45) is 3.68. The fourth-order valence-electron chi connectivity index (χ4n) is 2.97. The fraction of sp³-hybridized carbons (Fsp3) is 0.421. The standard InChI is InChI=1S/C19H23N3O4/c1-3-21-14-10-11-16(26-13-6-5-9-17(23)25-4-2)20-18(14)22-12-7-8-15(22)19(21)24/h7-8,10-12H,3-6,9,13H2,1-2H3. The average Bonchev–Trinajstić information content (AvgIpc) is 3.13. The smallest absolute Gasteiger partial charge is 0.305 e. The van der Waals surface area contributed by atoms with E-state index < -0.39 is 0 Å². The van der Waals surface area contributed by atoms with Crippen molar-refractivity contribution < 1.29 is 14.3 Å². The van der Waals surface area contributed by atoms with Crippen LogP contribution < -0.4 is 10.3 Å². The molecule has 0 saturated heterocycles. The van der Waals surface area contributed by atoms with Gasteiger partial charge in [-0.3, -0.25) is 14.0 Å².